The molecular weight excluding hydrogens is 306 g/mol. The van der Waals surface area contributed by atoms with Crippen LogP contribution in [0.15, 0.2) is 22.7 Å². The molecule has 3 N–H and O–H groups in total. The van der Waals surface area contributed by atoms with Gasteiger partial charge in [0.2, 0.25) is 5.91 Å². The number of carbonyl (C=O) groups is 1. The van der Waals surface area contributed by atoms with Crippen molar-refractivity contribution in [2.24, 2.45) is 5.73 Å². The first kappa shape index (κ1) is 14.3. The standard InChI is InChI=1S/C14H20BrN3O/c1-17-9-10-5-6-12(11(15)8-10)18-7-3-2-4-13(18)14(16)19/h5-6,8,13,17H,2-4,7,9H2,1H3,(H2,16,19). The van der Waals surface area contributed by atoms with E-state index in [1.54, 1.807) is 0 Å². The largest absolute Gasteiger partial charge is 0.368 e. The van der Waals surface area contributed by atoms with Gasteiger partial charge in [-0.1, -0.05) is 6.07 Å². The summed E-state index contributed by atoms with van der Waals surface area (Å²) in [6.07, 6.45) is 3.02. The summed E-state index contributed by atoms with van der Waals surface area (Å²) in [5.41, 5.74) is 7.79. The van der Waals surface area contributed by atoms with Crippen molar-refractivity contribution >= 4 is 27.5 Å². The van der Waals surface area contributed by atoms with E-state index >= 15 is 0 Å². The summed E-state index contributed by atoms with van der Waals surface area (Å²) in [4.78, 5) is 13.7. The first-order valence-electron chi connectivity index (χ1n) is 6.62. The molecule has 0 spiro atoms. The van der Waals surface area contributed by atoms with E-state index < -0.39 is 0 Å². The molecule has 1 amide bonds. The van der Waals surface area contributed by atoms with Crippen molar-refractivity contribution in [1.82, 2.24) is 5.32 Å². The monoisotopic (exact) mass is 325 g/mol. The fourth-order valence-electron chi connectivity index (χ4n) is 2.61. The number of nitrogens with one attached hydrogen (secondary N) is 1. The zero-order chi connectivity index (χ0) is 13.8. The van der Waals surface area contributed by atoms with Crippen LogP contribution in [0.1, 0.15) is 24.8 Å². The third-order valence-corrected chi connectivity index (χ3v) is 4.17. The highest BCUT2D eigenvalue weighted by Crippen LogP contribution is 2.32. The second-order valence-corrected chi connectivity index (χ2v) is 5.78. The van der Waals surface area contributed by atoms with E-state index in [1.165, 1.54) is 5.56 Å². The van der Waals surface area contributed by atoms with Gasteiger partial charge in [0.25, 0.3) is 0 Å². The number of hydrogen-bond donors (Lipinski definition) is 2. The Morgan fingerprint density at radius 3 is 2.95 bits per heavy atom. The molecule has 104 valence electrons. The number of piperidine rings is 1. The summed E-state index contributed by atoms with van der Waals surface area (Å²) in [7, 11) is 1.93. The van der Waals surface area contributed by atoms with E-state index in [1.807, 2.05) is 7.05 Å². The van der Waals surface area contributed by atoms with Crippen molar-refractivity contribution in [2.45, 2.75) is 31.8 Å². The number of primary amides is 1. The Bertz CT molecular complexity index is 464. The number of benzene rings is 1. The maximum absolute atomic E-state index is 11.6. The topological polar surface area (TPSA) is 58.4 Å². The lowest BCUT2D eigenvalue weighted by Crippen LogP contribution is -2.48. The van der Waals surface area contributed by atoms with Crippen molar-refractivity contribution in [3.8, 4) is 0 Å². The van der Waals surface area contributed by atoms with Gasteiger partial charge in [0.15, 0.2) is 0 Å². The molecule has 1 aromatic rings. The van der Waals surface area contributed by atoms with Crippen LogP contribution in [0.25, 0.3) is 0 Å². The van der Waals surface area contributed by atoms with Crippen LogP contribution in [0, 0.1) is 0 Å². The highest BCUT2D eigenvalue weighted by atomic mass is 79.9. The quantitative estimate of drug-likeness (QED) is 0.890. The Labute approximate surface area is 122 Å². The third kappa shape index (κ3) is 3.28. The fraction of sp³-hybridized carbons (Fsp3) is 0.500. The highest BCUT2D eigenvalue weighted by Gasteiger charge is 2.28. The van der Waals surface area contributed by atoms with E-state index in [4.69, 9.17) is 5.73 Å². The summed E-state index contributed by atoms with van der Waals surface area (Å²) in [5, 5.41) is 3.13. The van der Waals surface area contributed by atoms with Crippen molar-refractivity contribution in [3.63, 3.8) is 0 Å². The highest BCUT2D eigenvalue weighted by molar-refractivity contribution is 9.10. The van der Waals surface area contributed by atoms with Crippen LogP contribution in [-0.2, 0) is 11.3 Å². The SMILES string of the molecule is CNCc1ccc(N2CCCCC2C(N)=O)c(Br)c1. The maximum atomic E-state index is 11.6. The van der Waals surface area contributed by atoms with Crippen LogP contribution in [0.4, 0.5) is 5.69 Å². The molecule has 0 radical (unpaired) electrons. The zero-order valence-electron chi connectivity index (χ0n) is 11.2. The Morgan fingerprint density at radius 2 is 2.32 bits per heavy atom. The molecule has 19 heavy (non-hydrogen) atoms. The molecule has 1 aliphatic heterocycles. The second kappa shape index (κ2) is 6.39. The first-order chi connectivity index (χ1) is 9.13. The number of rotatable bonds is 4. The smallest absolute Gasteiger partial charge is 0.240 e. The minimum atomic E-state index is -0.231. The number of halogens is 1. The fourth-order valence-corrected chi connectivity index (χ4v) is 3.27. The number of nitrogens with zero attached hydrogens (tertiary/aromatic N) is 1. The normalized spacial score (nSPS) is 19.5. The second-order valence-electron chi connectivity index (χ2n) is 4.92. The molecule has 0 bridgehead atoms. The maximum Gasteiger partial charge on any atom is 0.240 e. The van der Waals surface area contributed by atoms with E-state index in [9.17, 15) is 4.79 Å². The summed E-state index contributed by atoms with van der Waals surface area (Å²) in [6.45, 7) is 1.72. The Hall–Kier alpha value is -1.07. The van der Waals surface area contributed by atoms with Gasteiger partial charge in [-0.25, -0.2) is 0 Å². The number of anilines is 1. The van der Waals surface area contributed by atoms with Crippen LogP contribution in [0.2, 0.25) is 0 Å². The number of carbonyl (C=O) groups excluding carboxylic acids is 1. The molecule has 0 aromatic heterocycles. The molecule has 1 fully saturated rings. The van der Waals surface area contributed by atoms with Crippen LogP contribution in [0.5, 0.6) is 0 Å². The number of nitrogens with two attached hydrogens (primary N) is 1. The molecule has 0 saturated carbocycles. The summed E-state index contributed by atoms with van der Waals surface area (Å²) in [5.74, 6) is -0.231. The Kier molecular flexibility index (Phi) is 4.82. The lowest BCUT2D eigenvalue weighted by molar-refractivity contribution is -0.119. The molecule has 1 aliphatic rings. The molecule has 4 nitrogen and oxygen atoms in total. The van der Waals surface area contributed by atoms with Crippen molar-refractivity contribution in [3.05, 3.63) is 28.2 Å². The zero-order valence-corrected chi connectivity index (χ0v) is 12.7. The molecule has 1 saturated heterocycles. The predicted octanol–water partition coefficient (Wildman–Crippen LogP) is 2.01. The number of hydrogen-bond acceptors (Lipinski definition) is 3. The Morgan fingerprint density at radius 1 is 1.53 bits per heavy atom. The van der Waals surface area contributed by atoms with Gasteiger partial charge in [0.05, 0.1) is 5.69 Å². The predicted molar refractivity (Wildman–Crippen MR) is 81.1 cm³/mol. The van der Waals surface area contributed by atoms with E-state index in [0.717, 1.165) is 42.5 Å². The molecule has 2 rings (SSSR count). The van der Waals surface area contributed by atoms with Gasteiger partial charge in [-0.05, 0) is 59.9 Å². The Balaban J connectivity index is 2.26. The molecule has 1 atom stereocenters. The molecule has 1 aromatic carbocycles. The molecule has 0 aliphatic carbocycles. The van der Waals surface area contributed by atoms with Crippen molar-refractivity contribution in [2.75, 3.05) is 18.5 Å². The number of amides is 1. The van der Waals surface area contributed by atoms with E-state index in [0.29, 0.717) is 0 Å². The van der Waals surface area contributed by atoms with Gasteiger partial charge < -0.3 is 16.0 Å². The van der Waals surface area contributed by atoms with Crippen LogP contribution in [0.3, 0.4) is 0 Å². The van der Waals surface area contributed by atoms with Gasteiger partial charge in [0, 0.05) is 17.6 Å². The molecule has 1 heterocycles. The summed E-state index contributed by atoms with van der Waals surface area (Å²) >= 11 is 3.61. The first-order valence-corrected chi connectivity index (χ1v) is 7.41. The van der Waals surface area contributed by atoms with Gasteiger partial charge >= 0.3 is 0 Å². The van der Waals surface area contributed by atoms with E-state index in [-0.39, 0.29) is 11.9 Å². The van der Waals surface area contributed by atoms with Crippen LogP contribution < -0.4 is 16.0 Å². The lowest BCUT2D eigenvalue weighted by atomic mass is 10.0. The summed E-state index contributed by atoms with van der Waals surface area (Å²) < 4.78 is 1.02. The minimum absolute atomic E-state index is 0.180. The van der Waals surface area contributed by atoms with Gasteiger partial charge in [-0.3, -0.25) is 4.79 Å². The summed E-state index contributed by atoms with van der Waals surface area (Å²) in [6, 6.07) is 6.07. The van der Waals surface area contributed by atoms with Gasteiger partial charge in [-0.2, -0.15) is 0 Å². The van der Waals surface area contributed by atoms with E-state index in [2.05, 4.69) is 44.3 Å². The van der Waals surface area contributed by atoms with Gasteiger partial charge in [0.1, 0.15) is 6.04 Å². The third-order valence-electron chi connectivity index (χ3n) is 3.53. The van der Waals surface area contributed by atoms with Crippen molar-refractivity contribution < 1.29 is 4.79 Å². The van der Waals surface area contributed by atoms with Crippen LogP contribution in [-0.4, -0.2) is 25.5 Å². The molecule has 5 heteroatoms. The lowest BCUT2D eigenvalue weighted by Gasteiger charge is -2.36. The van der Waals surface area contributed by atoms with Gasteiger partial charge in [-0.15, -0.1) is 0 Å². The average Bonchev–Trinajstić information content (AvgIpc) is 2.39. The minimum Gasteiger partial charge on any atom is -0.368 e. The average molecular weight is 326 g/mol. The van der Waals surface area contributed by atoms with Crippen LogP contribution >= 0.6 is 15.9 Å². The molecule has 1 unspecified atom stereocenters. The van der Waals surface area contributed by atoms with Crippen molar-refractivity contribution in [1.29, 1.82) is 0 Å². The molecular formula is C14H20BrN3O.